The molecule has 0 aromatic heterocycles. The number of hydrogen-bond donors (Lipinski definition) is 0. The standard InChI is InChI=1S/C19H19NO3/c1-13-3-4-14(2)18(9-13)21-8-7-16(11-20)15-5-6-17-19(10-15)23-12-22-17/h3-6,9-10,16H,7-8,12H2,1-2H3. The SMILES string of the molecule is Cc1ccc(C)c(OCCC(C#N)c2ccc3c(c2)OCO3)c1. The molecule has 23 heavy (non-hydrogen) atoms. The van der Waals surface area contributed by atoms with Gasteiger partial charge in [0.05, 0.1) is 18.6 Å². The lowest BCUT2D eigenvalue weighted by molar-refractivity contribution is 0.174. The van der Waals surface area contributed by atoms with E-state index in [1.807, 2.05) is 44.2 Å². The highest BCUT2D eigenvalue weighted by Crippen LogP contribution is 2.35. The Labute approximate surface area is 136 Å². The maximum Gasteiger partial charge on any atom is 0.231 e. The van der Waals surface area contributed by atoms with Gasteiger partial charge in [0.2, 0.25) is 6.79 Å². The molecule has 4 heteroatoms. The normalized spacial score (nSPS) is 13.4. The summed E-state index contributed by atoms with van der Waals surface area (Å²) in [5.74, 6) is 2.09. The lowest BCUT2D eigenvalue weighted by atomic mass is 9.97. The minimum Gasteiger partial charge on any atom is -0.493 e. The van der Waals surface area contributed by atoms with Crippen LogP contribution in [0.15, 0.2) is 36.4 Å². The van der Waals surface area contributed by atoms with Crippen molar-refractivity contribution in [2.24, 2.45) is 0 Å². The third kappa shape index (κ3) is 3.40. The number of nitriles is 1. The maximum atomic E-state index is 9.45. The summed E-state index contributed by atoms with van der Waals surface area (Å²) >= 11 is 0. The minimum absolute atomic E-state index is 0.227. The molecule has 0 saturated carbocycles. The number of fused-ring (bicyclic) bond motifs is 1. The van der Waals surface area contributed by atoms with Crippen LogP contribution in [0.2, 0.25) is 0 Å². The highest BCUT2D eigenvalue weighted by atomic mass is 16.7. The third-order valence-electron chi connectivity index (χ3n) is 3.96. The highest BCUT2D eigenvalue weighted by molar-refractivity contribution is 5.46. The zero-order chi connectivity index (χ0) is 16.2. The van der Waals surface area contributed by atoms with Crippen molar-refractivity contribution in [1.29, 1.82) is 5.26 Å². The molecule has 2 aromatic rings. The summed E-state index contributed by atoms with van der Waals surface area (Å²) < 4.78 is 16.5. The maximum absolute atomic E-state index is 9.45. The molecule has 0 N–H and O–H groups in total. The van der Waals surface area contributed by atoms with E-state index in [2.05, 4.69) is 12.1 Å². The zero-order valence-electron chi connectivity index (χ0n) is 13.3. The van der Waals surface area contributed by atoms with Crippen molar-refractivity contribution in [3.05, 3.63) is 53.1 Å². The first-order valence-electron chi connectivity index (χ1n) is 7.66. The summed E-state index contributed by atoms with van der Waals surface area (Å²) in [6.45, 7) is 4.80. The Morgan fingerprint density at radius 1 is 1.13 bits per heavy atom. The van der Waals surface area contributed by atoms with Crippen LogP contribution >= 0.6 is 0 Å². The molecule has 3 rings (SSSR count). The Bertz CT molecular complexity index is 749. The van der Waals surface area contributed by atoms with Gasteiger partial charge in [0.25, 0.3) is 0 Å². The Balaban J connectivity index is 1.64. The summed E-state index contributed by atoms with van der Waals surface area (Å²) in [6.07, 6.45) is 0.628. The molecule has 118 valence electrons. The fourth-order valence-electron chi connectivity index (χ4n) is 2.59. The number of benzene rings is 2. The number of hydrogen-bond acceptors (Lipinski definition) is 4. The fourth-order valence-corrected chi connectivity index (χ4v) is 2.59. The number of ether oxygens (including phenoxy) is 3. The molecule has 0 aliphatic carbocycles. The largest absolute Gasteiger partial charge is 0.493 e. The topological polar surface area (TPSA) is 51.5 Å². The second-order valence-electron chi connectivity index (χ2n) is 5.70. The van der Waals surface area contributed by atoms with E-state index in [0.29, 0.717) is 18.8 Å². The second-order valence-corrected chi connectivity index (χ2v) is 5.70. The fraction of sp³-hybridized carbons (Fsp3) is 0.316. The van der Waals surface area contributed by atoms with Crippen LogP contribution in [-0.4, -0.2) is 13.4 Å². The first-order valence-corrected chi connectivity index (χ1v) is 7.66. The predicted molar refractivity (Wildman–Crippen MR) is 86.9 cm³/mol. The van der Waals surface area contributed by atoms with Gasteiger partial charge in [-0.2, -0.15) is 5.26 Å². The first-order chi connectivity index (χ1) is 11.2. The lowest BCUT2D eigenvalue weighted by Gasteiger charge is -2.13. The average Bonchev–Trinajstić information content (AvgIpc) is 3.02. The van der Waals surface area contributed by atoms with Crippen LogP contribution in [0.5, 0.6) is 17.2 Å². The van der Waals surface area contributed by atoms with Gasteiger partial charge in [-0.1, -0.05) is 18.2 Å². The van der Waals surface area contributed by atoms with E-state index >= 15 is 0 Å². The Hall–Kier alpha value is -2.67. The van der Waals surface area contributed by atoms with Gasteiger partial charge in [0.1, 0.15) is 5.75 Å². The smallest absolute Gasteiger partial charge is 0.231 e. The van der Waals surface area contributed by atoms with Crippen molar-refractivity contribution in [3.63, 3.8) is 0 Å². The van der Waals surface area contributed by atoms with Crippen LogP contribution in [0.25, 0.3) is 0 Å². The Morgan fingerprint density at radius 2 is 1.96 bits per heavy atom. The lowest BCUT2D eigenvalue weighted by Crippen LogP contribution is -2.05. The van der Waals surface area contributed by atoms with Crippen LogP contribution in [0, 0.1) is 25.2 Å². The predicted octanol–water partition coefficient (Wildman–Crippen LogP) is 4.11. The summed E-state index contributed by atoms with van der Waals surface area (Å²) in [7, 11) is 0. The van der Waals surface area contributed by atoms with E-state index in [1.54, 1.807) is 0 Å². The number of rotatable bonds is 5. The summed E-state index contributed by atoms with van der Waals surface area (Å²) in [5, 5.41) is 9.45. The molecule has 1 aliphatic heterocycles. The molecule has 1 atom stereocenters. The number of aryl methyl sites for hydroxylation is 2. The highest BCUT2D eigenvalue weighted by Gasteiger charge is 2.18. The third-order valence-corrected chi connectivity index (χ3v) is 3.96. The molecule has 4 nitrogen and oxygen atoms in total. The van der Waals surface area contributed by atoms with Crippen molar-refractivity contribution in [3.8, 4) is 23.3 Å². The molecule has 1 aliphatic rings. The Kier molecular flexibility index (Phi) is 4.38. The van der Waals surface area contributed by atoms with E-state index in [-0.39, 0.29) is 12.7 Å². The van der Waals surface area contributed by atoms with Gasteiger partial charge in [-0.25, -0.2) is 0 Å². The number of nitrogens with zero attached hydrogens (tertiary/aromatic N) is 1. The van der Waals surface area contributed by atoms with E-state index in [9.17, 15) is 5.26 Å². The molecule has 1 heterocycles. The van der Waals surface area contributed by atoms with Crippen LogP contribution in [0.3, 0.4) is 0 Å². The molecule has 0 bridgehead atoms. The average molecular weight is 309 g/mol. The molecule has 0 spiro atoms. The van der Waals surface area contributed by atoms with Gasteiger partial charge in [-0.05, 0) is 48.7 Å². The van der Waals surface area contributed by atoms with Crippen LogP contribution in [-0.2, 0) is 0 Å². The van der Waals surface area contributed by atoms with E-state index in [1.165, 1.54) is 5.56 Å². The van der Waals surface area contributed by atoms with Crippen molar-refractivity contribution in [1.82, 2.24) is 0 Å². The molecular formula is C19H19NO3. The van der Waals surface area contributed by atoms with Crippen molar-refractivity contribution in [2.45, 2.75) is 26.2 Å². The molecule has 0 fully saturated rings. The van der Waals surface area contributed by atoms with Crippen LogP contribution < -0.4 is 14.2 Å². The summed E-state index contributed by atoms with van der Waals surface area (Å²) in [4.78, 5) is 0. The van der Waals surface area contributed by atoms with E-state index < -0.39 is 0 Å². The first kappa shape index (κ1) is 15.2. The van der Waals surface area contributed by atoms with Gasteiger partial charge >= 0.3 is 0 Å². The summed E-state index contributed by atoms with van der Waals surface area (Å²) in [5.41, 5.74) is 3.20. The van der Waals surface area contributed by atoms with Gasteiger partial charge < -0.3 is 14.2 Å². The molecular weight excluding hydrogens is 290 g/mol. The Morgan fingerprint density at radius 3 is 2.78 bits per heavy atom. The zero-order valence-corrected chi connectivity index (χ0v) is 13.3. The molecule has 1 unspecified atom stereocenters. The van der Waals surface area contributed by atoms with E-state index in [4.69, 9.17) is 14.2 Å². The van der Waals surface area contributed by atoms with Crippen molar-refractivity contribution < 1.29 is 14.2 Å². The van der Waals surface area contributed by atoms with Crippen LogP contribution in [0.1, 0.15) is 29.0 Å². The summed E-state index contributed by atoms with van der Waals surface area (Å²) in [6, 6.07) is 14.1. The molecule has 0 radical (unpaired) electrons. The molecule has 2 aromatic carbocycles. The minimum atomic E-state index is -0.227. The quantitative estimate of drug-likeness (QED) is 0.834. The van der Waals surface area contributed by atoms with Crippen molar-refractivity contribution >= 4 is 0 Å². The van der Waals surface area contributed by atoms with Gasteiger partial charge in [0.15, 0.2) is 11.5 Å². The van der Waals surface area contributed by atoms with E-state index in [0.717, 1.165) is 22.6 Å². The van der Waals surface area contributed by atoms with Gasteiger partial charge in [0, 0.05) is 6.42 Å². The van der Waals surface area contributed by atoms with Gasteiger partial charge in [-0.15, -0.1) is 0 Å². The molecule has 0 saturated heterocycles. The molecule has 0 amide bonds. The van der Waals surface area contributed by atoms with Crippen molar-refractivity contribution in [2.75, 3.05) is 13.4 Å². The monoisotopic (exact) mass is 309 g/mol. The van der Waals surface area contributed by atoms with Crippen LogP contribution in [0.4, 0.5) is 0 Å². The van der Waals surface area contributed by atoms with Gasteiger partial charge in [-0.3, -0.25) is 0 Å². The second kappa shape index (κ2) is 6.62.